The Hall–Kier alpha value is -2.42. The number of rotatable bonds is 8. The number of anilines is 2. The van der Waals surface area contributed by atoms with Crippen molar-refractivity contribution in [1.82, 2.24) is 9.21 Å². The maximum absolute atomic E-state index is 12.7. The summed E-state index contributed by atoms with van der Waals surface area (Å²) in [7, 11) is 2.47. The minimum absolute atomic E-state index is 0.137. The molecule has 0 bridgehead atoms. The highest BCUT2D eigenvalue weighted by Crippen LogP contribution is 2.22. The van der Waals surface area contributed by atoms with Crippen LogP contribution in [0.4, 0.5) is 11.4 Å². The second-order valence-corrected chi connectivity index (χ2v) is 10.2. The Balaban J connectivity index is 1.58. The number of nitrogens with zero attached hydrogens (tertiary/aromatic N) is 3. The molecule has 1 heterocycles. The molecule has 1 aliphatic rings. The Morgan fingerprint density at radius 2 is 1.58 bits per heavy atom. The number of likely N-dealkylation sites (N-methyl/N-ethyl adjacent to an activating group) is 1. The maximum atomic E-state index is 12.7. The summed E-state index contributed by atoms with van der Waals surface area (Å²) in [5.41, 5.74) is 2.84. The lowest BCUT2D eigenvalue weighted by Crippen LogP contribution is -2.39. The van der Waals surface area contributed by atoms with Gasteiger partial charge < -0.3 is 10.2 Å². The van der Waals surface area contributed by atoms with E-state index >= 15 is 0 Å². The number of amides is 1. The van der Waals surface area contributed by atoms with E-state index in [2.05, 4.69) is 29.6 Å². The lowest BCUT2D eigenvalue weighted by atomic mass is 10.1. The first kappa shape index (κ1) is 23.2. The van der Waals surface area contributed by atoms with Crippen LogP contribution in [-0.2, 0) is 21.4 Å². The fourth-order valence-corrected chi connectivity index (χ4v) is 5.08. The van der Waals surface area contributed by atoms with Crippen molar-refractivity contribution in [3.63, 3.8) is 0 Å². The van der Waals surface area contributed by atoms with Gasteiger partial charge >= 0.3 is 0 Å². The molecule has 1 amide bonds. The maximum Gasteiger partial charge on any atom is 0.243 e. The van der Waals surface area contributed by atoms with Gasteiger partial charge in [0.05, 0.1) is 10.9 Å². The molecule has 1 N–H and O–H groups in total. The van der Waals surface area contributed by atoms with Crippen molar-refractivity contribution in [2.75, 3.05) is 44.4 Å². The van der Waals surface area contributed by atoms with E-state index in [0.29, 0.717) is 25.3 Å². The zero-order valence-corrected chi connectivity index (χ0v) is 19.5. The summed E-state index contributed by atoms with van der Waals surface area (Å²) < 4.78 is 26.8. The van der Waals surface area contributed by atoms with Gasteiger partial charge in [-0.1, -0.05) is 12.1 Å². The summed E-state index contributed by atoms with van der Waals surface area (Å²) in [4.78, 5) is 17.0. The van der Waals surface area contributed by atoms with Gasteiger partial charge in [0, 0.05) is 45.1 Å². The Morgan fingerprint density at radius 3 is 2.13 bits per heavy atom. The molecule has 1 aliphatic heterocycles. The van der Waals surface area contributed by atoms with E-state index < -0.39 is 10.0 Å². The normalized spacial score (nSPS) is 15.8. The van der Waals surface area contributed by atoms with E-state index in [0.717, 1.165) is 24.1 Å². The highest BCUT2D eigenvalue weighted by Gasteiger charge is 2.27. The van der Waals surface area contributed by atoms with Crippen LogP contribution in [0.5, 0.6) is 0 Å². The SMILES string of the molecule is C[C@@H](C(=O)Nc1ccc(S(=O)(=O)N2CCCC2)cc1)N(C)Cc1ccc(N(C)C)cc1. The van der Waals surface area contributed by atoms with Crippen LogP contribution in [0.1, 0.15) is 25.3 Å². The van der Waals surface area contributed by atoms with Crippen molar-refractivity contribution in [3.8, 4) is 0 Å². The highest BCUT2D eigenvalue weighted by atomic mass is 32.2. The molecule has 168 valence electrons. The van der Waals surface area contributed by atoms with E-state index in [1.807, 2.05) is 37.9 Å². The molecule has 1 fully saturated rings. The second kappa shape index (κ2) is 9.80. The largest absolute Gasteiger partial charge is 0.378 e. The van der Waals surface area contributed by atoms with Gasteiger partial charge in [-0.2, -0.15) is 4.31 Å². The molecular formula is C23H32N4O3S. The van der Waals surface area contributed by atoms with E-state index in [9.17, 15) is 13.2 Å². The minimum atomic E-state index is -3.45. The van der Waals surface area contributed by atoms with Crippen molar-refractivity contribution in [1.29, 1.82) is 0 Å². The molecule has 2 aromatic rings. The number of carbonyl (C=O) groups excluding carboxylic acids is 1. The molecule has 0 aliphatic carbocycles. The third-order valence-electron chi connectivity index (χ3n) is 5.75. The van der Waals surface area contributed by atoms with Gasteiger partial charge in [-0.25, -0.2) is 8.42 Å². The molecule has 8 heteroatoms. The van der Waals surface area contributed by atoms with Crippen LogP contribution in [0.15, 0.2) is 53.4 Å². The monoisotopic (exact) mass is 444 g/mol. The summed E-state index contributed by atoms with van der Waals surface area (Å²) >= 11 is 0. The van der Waals surface area contributed by atoms with Crippen LogP contribution in [0.3, 0.4) is 0 Å². The van der Waals surface area contributed by atoms with E-state index in [4.69, 9.17) is 0 Å². The molecular weight excluding hydrogens is 412 g/mol. The first-order chi connectivity index (χ1) is 14.7. The molecule has 1 atom stereocenters. The number of hydrogen-bond acceptors (Lipinski definition) is 5. The number of benzene rings is 2. The quantitative estimate of drug-likeness (QED) is 0.678. The zero-order valence-electron chi connectivity index (χ0n) is 18.7. The molecule has 3 rings (SSSR count). The fourth-order valence-electron chi connectivity index (χ4n) is 3.56. The van der Waals surface area contributed by atoms with Gasteiger partial charge in [0.15, 0.2) is 0 Å². The molecule has 1 saturated heterocycles. The van der Waals surface area contributed by atoms with Gasteiger partial charge in [0.1, 0.15) is 0 Å². The summed E-state index contributed by atoms with van der Waals surface area (Å²) in [5.74, 6) is -0.137. The number of hydrogen-bond donors (Lipinski definition) is 1. The van der Waals surface area contributed by atoms with E-state index in [-0.39, 0.29) is 16.8 Å². The van der Waals surface area contributed by atoms with Crippen LogP contribution in [0, 0.1) is 0 Å². The standard InChI is InChI=1S/C23H32N4O3S/c1-18(26(4)17-19-7-11-21(12-8-19)25(2)3)23(28)24-20-9-13-22(14-10-20)31(29,30)27-15-5-6-16-27/h7-14,18H,5-6,15-17H2,1-4H3,(H,24,28)/t18-/m0/s1. The average Bonchev–Trinajstić information content (AvgIpc) is 3.30. The Morgan fingerprint density at radius 1 is 1.00 bits per heavy atom. The first-order valence-electron chi connectivity index (χ1n) is 10.6. The Kier molecular flexibility index (Phi) is 7.35. The fraction of sp³-hybridized carbons (Fsp3) is 0.435. The van der Waals surface area contributed by atoms with Crippen molar-refractivity contribution >= 4 is 27.3 Å². The molecule has 0 aromatic heterocycles. The summed E-state index contributed by atoms with van der Waals surface area (Å²) in [6, 6.07) is 14.3. The second-order valence-electron chi connectivity index (χ2n) is 8.28. The van der Waals surface area contributed by atoms with Crippen LogP contribution >= 0.6 is 0 Å². The number of sulfonamides is 1. The molecule has 0 saturated carbocycles. The van der Waals surface area contributed by atoms with E-state index in [1.54, 1.807) is 24.3 Å². The van der Waals surface area contributed by atoms with Gasteiger partial charge in [0.25, 0.3) is 0 Å². The van der Waals surface area contributed by atoms with Gasteiger partial charge in [0.2, 0.25) is 15.9 Å². The Labute approximate surface area is 185 Å². The van der Waals surface area contributed by atoms with Crippen LogP contribution < -0.4 is 10.2 Å². The van der Waals surface area contributed by atoms with Crippen molar-refractivity contribution < 1.29 is 13.2 Å². The number of carbonyl (C=O) groups is 1. The van der Waals surface area contributed by atoms with Crippen LogP contribution in [-0.4, -0.2) is 63.8 Å². The van der Waals surface area contributed by atoms with Gasteiger partial charge in [-0.05, 0) is 68.8 Å². The summed E-state index contributed by atoms with van der Waals surface area (Å²) in [6.07, 6.45) is 1.80. The zero-order chi connectivity index (χ0) is 22.6. The van der Waals surface area contributed by atoms with E-state index in [1.165, 1.54) is 4.31 Å². The smallest absolute Gasteiger partial charge is 0.243 e. The van der Waals surface area contributed by atoms with Crippen molar-refractivity contribution in [2.24, 2.45) is 0 Å². The highest BCUT2D eigenvalue weighted by molar-refractivity contribution is 7.89. The van der Waals surface area contributed by atoms with Crippen LogP contribution in [0.25, 0.3) is 0 Å². The molecule has 7 nitrogen and oxygen atoms in total. The van der Waals surface area contributed by atoms with Gasteiger partial charge in [-0.3, -0.25) is 9.69 Å². The molecule has 0 radical (unpaired) electrons. The predicted molar refractivity (Wildman–Crippen MR) is 125 cm³/mol. The topological polar surface area (TPSA) is 73.0 Å². The van der Waals surface area contributed by atoms with Crippen LogP contribution in [0.2, 0.25) is 0 Å². The number of nitrogens with one attached hydrogen (secondary N) is 1. The Bertz CT molecular complexity index is 982. The van der Waals surface area contributed by atoms with Gasteiger partial charge in [-0.15, -0.1) is 0 Å². The predicted octanol–water partition coefficient (Wildman–Crippen LogP) is 3.00. The molecule has 31 heavy (non-hydrogen) atoms. The van der Waals surface area contributed by atoms with Crippen molar-refractivity contribution in [3.05, 3.63) is 54.1 Å². The molecule has 2 aromatic carbocycles. The van der Waals surface area contributed by atoms with Crippen molar-refractivity contribution in [2.45, 2.75) is 37.2 Å². The summed E-state index contributed by atoms with van der Waals surface area (Å²) in [6.45, 7) is 3.65. The summed E-state index contributed by atoms with van der Waals surface area (Å²) in [5, 5.41) is 2.88. The lowest BCUT2D eigenvalue weighted by molar-refractivity contribution is -0.120. The first-order valence-corrected chi connectivity index (χ1v) is 12.0. The third kappa shape index (κ3) is 5.64. The minimum Gasteiger partial charge on any atom is -0.378 e. The third-order valence-corrected chi connectivity index (χ3v) is 7.66. The molecule has 0 unspecified atom stereocenters. The molecule has 0 spiro atoms. The lowest BCUT2D eigenvalue weighted by Gasteiger charge is -2.24. The average molecular weight is 445 g/mol.